The number of benzene rings is 2. The van der Waals surface area contributed by atoms with Crippen LogP contribution >= 0.6 is 11.3 Å². The monoisotopic (exact) mass is 376 g/mol. The van der Waals surface area contributed by atoms with Crippen LogP contribution in [0.5, 0.6) is 0 Å². The summed E-state index contributed by atoms with van der Waals surface area (Å²) in [5, 5.41) is 3.28. The van der Waals surface area contributed by atoms with Crippen LogP contribution in [0, 0.1) is 13.8 Å². The number of amides is 1. The number of alkyl halides is 3. The van der Waals surface area contributed by atoms with Crippen molar-refractivity contribution in [1.82, 2.24) is 4.98 Å². The van der Waals surface area contributed by atoms with E-state index in [9.17, 15) is 18.0 Å². The number of carbonyl (C=O) groups excluding carboxylic acids is 1. The maximum absolute atomic E-state index is 13.0. The first kappa shape index (κ1) is 18.1. The van der Waals surface area contributed by atoms with Gasteiger partial charge in [-0.2, -0.15) is 13.2 Å². The number of rotatable bonds is 3. The van der Waals surface area contributed by atoms with E-state index in [1.165, 1.54) is 18.2 Å². The van der Waals surface area contributed by atoms with Crippen molar-refractivity contribution in [1.29, 1.82) is 0 Å². The molecule has 0 aliphatic rings. The van der Waals surface area contributed by atoms with Crippen LogP contribution in [0.3, 0.4) is 0 Å². The number of para-hydroxylation sites is 1. The van der Waals surface area contributed by atoms with Crippen molar-refractivity contribution >= 4 is 22.9 Å². The van der Waals surface area contributed by atoms with E-state index in [1.54, 1.807) is 35.6 Å². The average molecular weight is 376 g/mol. The SMILES string of the molecule is Cc1nc(-c2ccc(C(=O)Nc3ccccc3C(F)(F)F)cc2)c(C)s1. The minimum absolute atomic E-state index is 0.264. The Balaban J connectivity index is 1.83. The minimum Gasteiger partial charge on any atom is -0.321 e. The molecule has 1 N–H and O–H groups in total. The van der Waals surface area contributed by atoms with Crippen molar-refractivity contribution < 1.29 is 18.0 Å². The van der Waals surface area contributed by atoms with Gasteiger partial charge in [0.15, 0.2) is 0 Å². The normalized spacial score (nSPS) is 11.4. The van der Waals surface area contributed by atoms with Crippen LogP contribution in [0.4, 0.5) is 18.9 Å². The molecule has 0 atom stereocenters. The van der Waals surface area contributed by atoms with Gasteiger partial charge in [0.25, 0.3) is 5.91 Å². The fourth-order valence-corrected chi connectivity index (χ4v) is 3.45. The molecule has 0 spiro atoms. The summed E-state index contributed by atoms with van der Waals surface area (Å²) in [6.45, 7) is 3.88. The maximum Gasteiger partial charge on any atom is 0.418 e. The predicted octanol–water partition coefficient (Wildman–Crippen LogP) is 5.70. The molecule has 0 aliphatic carbocycles. The summed E-state index contributed by atoms with van der Waals surface area (Å²) in [5.41, 5.74) is 0.842. The van der Waals surface area contributed by atoms with Crippen molar-refractivity contribution in [3.63, 3.8) is 0 Å². The summed E-state index contributed by atoms with van der Waals surface area (Å²) < 4.78 is 39.1. The van der Waals surface area contributed by atoms with Crippen LogP contribution in [0.1, 0.15) is 25.8 Å². The Morgan fingerprint density at radius 2 is 1.69 bits per heavy atom. The molecule has 3 rings (SSSR count). The van der Waals surface area contributed by atoms with Gasteiger partial charge in [0.1, 0.15) is 0 Å². The highest BCUT2D eigenvalue weighted by atomic mass is 32.1. The number of hydrogen-bond donors (Lipinski definition) is 1. The lowest BCUT2D eigenvalue weighted by atomic mass is 10.1. The Kier molecular flexibility index (Phi) is 4.82. The second-order valence-corrected chi connectivity index (χ2v) is 7.12. The standard InChI is InChI=1S/C19H15F3N2OS/c1-11-17(23-12(2)26-11)13-7-9-14(10-8-13)18(25)24-16-6-4-3-5-15(16)19(20,21)22/h3-10H,1-2H3,(H,24,25). The molecule has 1 amide bonds. The van der Waals surface area contributed by atoms with Gasteiger partial charge in [0.2, 0.25) is 0 Å². The molecule has 134 valence electrons. The highest BCUT2D eigenvalue weighted by Crippen LogP contribution is 2.34. The Morgan fingerprint density at radius 3 is 2.27 bits per heavy atom. The lowest BCUT2D eigenvalue weighted by molar-refractivity contribution is -0.136. The van der Waals surface area contributed by atoms with E-state index >= 15 is 0 Å². The molecule has 1 aromatic heterocycles. The van der Waals surface area contributed by atoms with Crippen molar-refractivity contribution in [2.24, 2.45) is 0 Å². The zero-order valence-corrected chi connectivity index (χ0v) is 14.8. The van der Waals surface area contributed by atoms with Crippen molar-refractivity contribution in [3.05, 3.63) is 69.5 Å². The zero-order valence-electron chi connectivity index (χ0n) is 14.0. The highest BCUT2D eigenvalue weighted by Gasteiger charge is 2.33. The molecular formula is C19H15F3N2OS. The Hall–Kier alpha value is -2.67. The third-order valence-electron chi connectivity index (χ3n) is 3.80. The molecule has 0 bridgehead atoms. The second-order valence-electron chi connectivity index (χ2n) is 5.71. The fourth-order valence-electron chi connectivity index (χ4n) is 2.61. The Bertz CT molecular complexity index is 946. The number of aromatic nitrogens is 1. The molecule has 7 heteroatoms. The molecule has 26 heavy (non-hydrogen) atoms. The molecule has 0 unspecified atom stereocenters. The molecule has 3 nitrogen and oxygen atoms in total. The number of carbonyl (C=O) groups is 1. The number of nitrogens with one attached hydrogen (secondary N) is 1. The molecule has 0 aliphatic heterocycles. The smallest absolute Gasteiger partial charge is 0.321 e. The fraction of sp³-hybridized carbons (Fsp3) is 0.158. The summed E-state index contributed by atoms with van der Waals surface area (Å²) in [7, 11) is 0. The van der Waals surface area contributed by atoms with Crippen molar-refractivity contribution in [2.45, 2.75) is 20.0 Å². The van der Waals surface area contributed by atoms with Crippen LogP contribution in [0.15, 0.2) is 48.5 Å². The molecule has 0 saturated heterocycles. The summed E-state index contributed by atoms with van der Waals surface area (Å²) in [4.78, 5) is 17.8. The zero-order chi connectivity index (χ0) is 18.9. The van der Waals surface area contributed by atoms with Gasteiger partial charge in [-0.1, -0.05) is 24.3 Å². The molecule has 1 heterocycles. The van der Waals surface area contributed by atoms with Gasteiger partial charge in [-0.3, -0.25) is 4.79 Å². The number of thiazole rings is 1. The number of aryl methyl sites for hydroxylation is 2. The van der Waals surface area contributed by atoms with E-state index in [0.29, 0.717) is 0 Å². The number of hydrogen-bond acceptors (Lipinski definition) is 3. The quantitative estimate of drug-likeness (QED) is 0.637. The first-order valence-electron chi connectivity index (χ1n) is 7.78. The van der Waals surface area contributed by atoms with Crippen molar-refractivity contribution in [3.8, 4) is 11.3 Å². The van der Waals surface area contributed by atoms with E-state index in [1.807, 2.05) is 13.8 Å². The van der Waals surface area contributed by atoms with Gasteiger partial charge in [-0.05, 0) is 38.1 Å². The van der Waals surface area contributed by atoms with E-state index in [2.05, 4.69) is 10.3 Å². The van der Waals surface area contributed by atoms with Gasteiger partial charge < -0.3 is 5.32 Å². The number of anilines is 1. The predicted molar refractivity (Wildman–Crippen MR) is 96.4 cm³/mol. The van der Waals surface area contributed by atoms with E-state index in [0.717, 1.165) is 27.2 Å². The summed E-state index contributed by atoms with van der Waals surface area (Å²) in [6.07, 6.45) is -4.53. The highest BCUT2D eigenvalue weighted by molar-refractivity contribution is 7.11. The second kappa shape index (κ2) is 6.92. The van der Waals surface area contributed by atoms with Crippen molar-refractivity contribution in [2.75, 3.05) is 5.32 Å². The lowest BCUT2D eigenvalue weighted by Gasteiger charge is -2.13. The first-order valence-corrected chi connectivity index (χ1v) is 8.59. The topological polar surface area (TPSA) is 42.0 Å². The molecule has 2 aromatic carbocycles. The molecule has 0 radical (unpaired) electrons. The molecular weight excluding hydrogens is 361 g/mol. The van der Waals surface area contributed by atoms with Crippen LogP contribution in [-0.4, -0.2) is 10.9 Å². The van der Waals surface area contributed by atoms with Gasteiger partial charge in [-0.25, -0.2) is 4.98 Å². The number of nitrogens with zero attached hydrogens (tertiary/aromatic N) is 1. The lowest BCUT2D eigenvalue weighted by Crippen LogP contribution is -2.16. The van der Waals surface area contributed by atoms with Crippen LogP contribution in [-0.2, 0) is 6.18 Å². The molecule has 3 aromatic rings. The minimum atomic E-state index is -4.53. The first-order chi connectivity index (χ1) is 12.3. The Morgan fingerprint density at radius 1 is 1.04 bits per heavy atom. The van der Waals surface area contributed by atoms with Crippen LogP contribution in [0.25, 0.3) is 11.3 Å². The largest absolute Gasteiger partial charge is 0.418 e. The van der Waals surface area contributed by atoms with Gasteiger partial charge >= 0.3 is 6.18 Å². The third-order valence-corrected chi connectivity index (χ3v) is 4.69. The van der Waals surface area contributed by atoms with E-state index < -0.39 is 17.6 Å². The van der Waals surface area contributed by atoms with E-state index in [-0.39, 0.29) is 11.3 Å². The summed E-state index contributed by atoms with van der Waals surface area (Å²) >= 11 is 1.58. The van der Waals surface area contributed by atoms with Gasteiger partial charge in [-0.15, -0.1) is 11.3 Å². The van der Waals surface area contributed by atoms with Gasteiger partial charge in [0.05, 0.1) is 22.0 Å². The molecule has 0 saturated carbocycles. The molecule has 0 fully saturated rings. The number of halogens is 3. The third kappa shape index (κ3) is 3.77. The maximum atomic E-state index is 13.0. The van der Waals surface area contributed by atoms with Crippen LogP contribution in [0.2, 0.25) is 0 Å². The van der Waals surface area contributed by atoms with Gasteiger partial charge in [0, 0.05) is 16.0 Å². The summed E-state index contributed by atoms with van der Waals surface area (Å²) in [5.74, 6) is -0.598. The Labute approximate surface area is 152 Å². The van der Waals surface area contributed by atoms with E-state index in [4.69, 9.17) is 0 Å². The van der Waals surface area contributed by atoms with Crippen LogP contribution < -0.4 is 5.32 Å². The summed E-state index contributed by atoms with van der Waals surface area (Å²) in [6, 6.07) is 11.5. The average Bonchev–Trinajstić information content (AvgIpc) is 2.93.